The first-order valence-electron chi connectivity index (χ1n) is 8.16. The summed E-state index contributed by atoms with van der Waals surface area (Å²) < 4.78 is 19.4. The molecule has 128 valence electrons. The highest BCUT2D eigenvalue weighted by Crippen LogP contribution is 2.24. The molecule has 2 heterocycles. The molecule has 1 N–H and O–H groups in total. The van der Waals surface area contributed by atoms with Gasteiger partial charge in [0.15, 0.2) is 0 Å². The fraction of sp³-hybridized carbons (Fsp3) is 0.389. The Hall–Kier alpha value is -1.85. The maximum Gasteiger partial charge on any atom is 0.254 e. The molecule has 24 heavy (non-hydrogen) atoms. The third-order valence-corrected chi connectivity index (χ3v) is 4.57. The molecule has 0 aliphatic carbocycles. The molecule has 3 rings (SSSR count). The summed E-state index contributed by atoms with van der Waals surface area (Å²) in [7, 11) is 0. The van der Waals surface area contributed by atoms with Gasteiger partial charge >= 0.3 is 0 Å². The second-order valence-corrected chi connectivity index (χ2v) is 6.40. The average molecular weight is 351 g/mol. The summed E-state index contributed by atoms with van der Waals surface area (Å²) in [6.45, 7) is 2.29. The van der Waals surface area contributed by atoms with Crippen molar-refractivity contribution in [2.24, 2.45) is 0 Å². The number of halogens is 2. The summed E-state index contributed by atoms with van der Waals surface area (Å²) >= 11 is 5.86. The van der Waals surface area contributed by atoms with E-state index in [1.165, 1.54) is 24.6 Å². The Labute approximate surface area is 145 Å². The SMILES string of the molecule is O=C(NCC(c1ccco1)N1CCCCC1)c1cc(Cl)ccc1F. The normalized spacial score (nSPS) is 16.8. The number of hydrogen-bond donors (Lipinski definition) is 1. The van der Waals surface area contributed by atoms with Gasteiger partial charge in [0.25, 0.3) is 5.91 Å². The number of benzene rings is 1. The molecule has 6 heteroatoms. The molecule has 4 nitrogen and oxygen atoms in total. The van der Waals surface area contributed by atoms with Crippen LogP contribution in [0.1, 0.15) is 41.4 Å². The Kier molecular flexibility index (Phi) is 5.53. The zero-order valence-electron chi connectivity index (χ0n) is 13.3. The molecule has 1 unspecified atom stereocenters. The first-order valence-corrected chi connectivity index (χ1v) is 8.53. The van der Waals surface area contributed by atoms with Crippen LogP contribution < -0.4 is 5.32 Å². The fourth-order valence-corrected chi connectivity index (χ4v) is 3.25. The second kappa shape index (κ2) is 7.81. The van der Waals surface area contributed by atoms with Gasteiger partial charge in [-0.1, -0.05) is 18.0 Å². The number of rotatable bonds is 5. The van der Waals surface area contributed by atoms with Gasteiger partial charge in [0.2, 0.25) is 0 Å². The number of piperidine rings is 1. The van der Waals surface area contributed by atoms with E-state index in [0.717, 1.165) is 31.7 Å². The average Bonchev–Trinajstić information content (AvgIpc) is 3.12. The first-order chi connectivity index (χ1) is 11.6. The molecule has 2 aromatic rings. The lowest BCUT2D eigenvalue weighted by atomic mass is 10.1. The van der Waals surface area contributed by atoms with Crippen LogP contribution >= 0.6 is 11.6 Å². The van der Waals surface area contributed by atoms with Crippen LogP contribution in [0.2, 0.25) is 5.02 Å². The molecule has 1 atom stereocenters. The Bertz CT molecular complexity index is 684. The van der Waals surface area contributed by atoms with Crippen LogP contribution in [-0.2, 0) is 0 Å². The summed E-state index contributed by atoms with van der Waals surface area (Å²) in [6.07, 6.45) is 5.12. The number of nitrogens with one attached hydrogen (secondary N) is 1. The zero-order valence-corrected chi connectivity index (χ0v) is 14.1. The zero-order chi connectivity index (χ0) is 16.9. The van der Waals surface area contributed by atoms with Crippen LogP contribution in [0.25, 0.3) is 0 Å². The van der Waals surface area contributed by atoms with Gasteiger partial charge in [-0.05, 0) is 56.3 Å². The van der Waals surface area contributed by atoms with E-state index in [-0.39, 0.29) is 11.6 Å². The van der Waals surface area contributed by atoms with Crippen molar-refractivity contribution in [3.8, 4) is 0 Å². The van der Waals surface area contributed by atoms with E-state index in [0.29, 0.717) is 11.6 Å². The quantitative estimate of drug-likeness (QED) is 0.885. The maximum atomic E-state index is 13.8. The molecule has 0 radical (unpaired) electrons. The van der Waals surface area contributed by atoms with Gasteiger partial charge in [0.05, 0.1) is 17.9 Å². The Morgan fingerprint density at radius 3 is 2.79 bits per heavy atom. The van der Waals surface area contributed by atoms with E-state index in [2.05, 4.69) is 10.2 Å². The van der Waals surface area contributed by atoms with Gasteiger partial charge in [-0.15, -0.1) is 0 Å². The van der Waals surface area contributed by atoms with E-state index in [1.54, 1.807) is 6.26 Å². The largest absolute Gasteiger partial charge is 0.468 e. The lowest BCUT2D eigenvalue weighted by Crippen LogP contribution is -2.40. The van der Waals surface area contributed by atoms with E-state index in [4.69, 9.17) is 16.0 Å². The highest BCUT2D eigenvalue weighted by Gasteiger charge is 2.25. The van der Waals surface area contributed by atoms with E-state index >= 15 is 0 Å². The van der Waals surface area contributed by atoms with Gasteiger partial charge in [0, 0.05) is 11.6 Å². The number of hydrogen-bond acceptors (Lipinski definition) is 3. The van der Waals surface area contributed by atoms with Crippen molar-refractivity contribution >= 4 is 17.5 Å². The van der Waals surface area contributed by atoms with Gasteiger partial charge in [-0.25, -0.2) is 4.39 Å². The third-order valence-electron chi connectivity index (χ3n) is 4.33. The molecule has 1 aliphatic rings. The summed E-state index contributed by atoms with van der Waals surface area (Å²) in [5, 5.41) is 3.15. The molecule has 1 amide bonds. The Morgan fingerprint density at radius 1 is 1.29 bits per heavy atom. The van der Waals surface area contributed by atoms with Gasteiger partial charge in [-0.2, -0.15) is 0 Å². The minimum absolute atomic E-state index is 0.0423. The predicted octanol–water partition coefficient (Wildman–Crippen LogP) is 4.03. The van der Waals surface area contributed by atoms with Crippen LogP contribution in [0.3, 0.4) is 0 Å². The molecule has 0 saturated carbocycles. The van der Waals surface area contributed by atoms with Crippen molar-refractivity contribution in [2.75, 3.05) is 19.6 Å². The molecule has 1 fully saturated rings. The fourth-order valence-electron chi connectivity index (χ4n) is 3.08. The van der Waals surface area contributed by atoms with E-state index in [1.807, 2.05) is 12.1 Å². The molecule has 0 bridgehead atoms. The highest BCUT2D eigenvalue weighted by molar-refractivity contribution is 6.31. The smallest absolute Gasteiger partial charge is 0.254 e. The van der Waals surface area contributed by atoms with Crippen LogP contribution in [0.15, 0.2) is 41.0 Å². The maximum absolute atomic E-state index is 13.8. The number of furan rings is 1. The van der Waals surface area contributed by atoms with Crippen molar-refractivity contribution in [2.45, 2.75) is 25.3 Å². The topological polar surface area (TPSA) is 45.5 Å². The standard InChI is InChI=1S/C18H20ClFN2O2/c19-13-6-7-15(20)14(11-13)18(23)21-12-16(17-5-4-10-24-17)22-8-2-1-3-9-22/h4-7,10-11,16H,1-3,8-9,12H2,(H,21,23). The third kappa shape index (κ3) is 3.97. The number of likely N-dealkylation sites (tertiary alicyclic amines) is 1. The monoisotopic (exact) mass is 350 g/mol. The van der Waals surface area contributed by atoms with Crippen molar-refractivity contribution in [3.63, 3.8) is 0 Å². The lowest BCUT2D eigenvalue weighted by molar-refractivity contribution is 0.0910. The Morgan fingerprint density at radius 2 is 2.08 bits per heavy atom. The van der Waals surface area contributed by atoms with Gasteiger partial charge in [-0.3, -0.25) is 9.69 Å². The van der Waals surface area contributed by atoms with Crippen molar-refractivity contribution in [1.82, 2.24) is 10.2 Å². The van der Waals surface area contributed by atoms with Crippen LogP contribution in [0.5, 0.6) is 0 Å². The van der Waals surface area contributed by atoms with E-state index in [9.17, 15) is 9.18 Å². The highest BCUT2D eigenvalue weighted by atomic mass is 35.5. The molecular formula is C18H20ClFN2O2. The summed E-state index contributed by atoms with van der Waals surface area (Å²) in [5.74, 6) is -0.239. The minimum Gasteiger partial charge on any atom is -0.468 e. The summed E-state index contributed by atoms with van der Waals surface area (Å²) in [6, 6.07) is 7.66. The lowest BCUT2D eigenvalue weighted by Gasteiger charge is -2.33. The molecule has 1 aromatic heterocycles. The van der Waals surface area contributed by atoms with Crippen LogP contribution in [0.4, 0.5) is 4.39 Å². The summed E-state index contributed by atoms with van der Waals surface area (Å²) in [4.78, 5) is 14.6. The van der Waals surface area contributed by atoms with Gasteiger partial charge < -0.3 is 9.73 Å². The van der Waals surface area contributed by atoms with Crippen molar-refractivity contribution in [1.29, 1.82) is 0 Å². The van der Waals surface area contributed by atoms with Gasteiger partial charge in [0.1, 0.15) is 11.6 Å². The Balaban J connectivity index is 1.71. The van der Waals surface area contributed by atoms with Crippen molar-refractivity contribution in [3.05, 3.63) is 58.8 Å². The number of amides is 1. The molecule has 0 spiro atoms. The molecule has 1 aromatic carbocycles. The minimum atomic E-state index is -0.579. The number of nitrogens with zero attached hydrogens (tertiary/aromatic N) is 1. The second-order valence-electron chi connectivity index (χ2n) is 5.96. The number of carbonyl (C=O) groups excluding carboxylic acids is 1. The number of carbonyl (C=O) groups is 1. The van der Waals surface area contributed by atoms with Crippen LogP contribution in [-0.4, -0.2) is 30.4 Å². The molecular weight excluding hydrogens is 331 g/mol. The summed E-state index contributed by atoms with van der Waals surface area (Å²) in [5.41, 5.74) is -0.0423. The predicted molar refractivity (Wildman–Crippen MR) is 90.6 cm³/mol. The first kappa shape index (κ1) is 17.0. The van der Waals surface area contributed by atoms with Crippen molar-refractivity contribution < 1.29 is 13.6 Å². The molecule has 1 saturated heterocycles. The van der Waals surface area contributed by atoms with Crippen LogP contribution in [0, 0.1) is 5.82 Å². The van der Waals surface area contributed by atoms with E-state index < -0.39 is 11.7 Å². The molecule has 1 aliphatic heterocycles.